The minimum Gasteiger partial charge on any atom is -0.328 e. The molecule has 0 aliphatic heterocycles. The fraction of sp³-hybridized carbons (Fsp3) is 0.118. The van der Waals surface area contributed by atoms with Crippen LogP contribution in [0.5, 0.6) is 0 Å². The molecule has 0 unspecified atom stereocenters. The SMILES string of the molecule is Cc1cccc(Nc2nncc(N(C)c3ccccc3)n2)c1. The van der Waals surface area contributed by atoms with Crippen molar-refractivity contribution in [1.82, 2.24) is 15.2 Å². The highest BCUT2D eigenvalue weighted by molar-refractivity contribution is 5.60. The molecule has 0 saturated heterocycles. The fourth-order valence-corrected chi connectivity index (χ4v) is 2.15. The van der Waals surface area contributed by atoms with Crippen LogP contribution in [-0.4, -0.2) is 22.2 Å². The van der Waals surface area contributed by atoms with E-state index in [9.17, 15) is 0 Å². The van der Waals surface area contributed by atoms with Crippen molar-refractivity contribution in [3.63, 3.8) is 0 Å². The van der Waals surface area contributed by atoms with Crippen LogP contribution in [0.3, 0.4) is 0 Å². The zero-order valence-electron chi connectivity index (χ0n) is 12.6. The molecule has 1 N–H and O–H groups in total. The summed E-state index contributed by atoms with van der Waals surface area (Å²) in [6, 6.07) is 18.1. The predicted octanol–water partition coefficient (Wildman–Crippen LogP) is 3.69. The van der Waals surface area contributed by atoms with Crippen molar-refractivity contribution in [2.45, 2.75) is 6.92 Å². The van der Waals surface area contributed by atoms with E-state index in [0.717, 1.165) is 17.2 Å². The molecule has 0 spiro atoms. The van der Waals surface area contributed by atoms with Gasteiger partial charge in [0.15, 0.2) is 5.82 Å². The molecule has 0 amide bonds. The van der Waals surface area contributed by atoms with Gasteiger partial charge in [-0.2, -0.15) is 10.1 Å². The Hall–Kier alpha value is -2.95. The molecule has 110 valence electrons. The Labute approximate surface area is 129 Å². The number of aromatic nitrogens is 3. The van der Waals surface area contributed by atoms with Crippen LogP contribution in [0.2, 0.25) is 0 Å². The first-order valence-electron chi connectivity index (χ1n) is 7.04. The average Bonchev–Trinajstić information content (AvgIpc) is 2.55. The standard InChI is InChI=1S/C17H17N5/c1-13-7-6-8-14(11-13)19-17-20-16(12-18-21-17)22(2)15-9-4-3-5-10-15/h3-12H,1-2H3,(H,19,20,21). The van der Waals surface area contributed by atoms with Crippen LogP contribution in [0, 0.1) is 6.92 Å². The number of nitrogens with zero attached hydrogens (tertiary/aromatic N) is 4. The van der Waals surface area contributed by atoms with Gasteiger partial charge in [0.2, 0.25) is 5.95 Å². The van der Waals surface area contributed by atoms with Gasteiger partial charge in [0.25, 0.3) is 0 Å². The van der Waals surface area contributed by atoms with Gasteiger partial charge in [-0.3, -0.25) is 0 Å². The third kappa shape index (κ3) is 3.20. The van der Waals surface area contributed by atoms with Crippen LogP contribution < -0.4 is 10.2 Å². The van der Waals surface area contributed by atoms with Crippen molar-refractivity contribution < 1.29 is 0 Å². The molecule has 0 aliphatic rings. The van der Waals surface area contributed by atoms with E-state index in [1.165, 1.54) is 5.56 Å². The summed E-state index contributed by atoms with van der Waals surface area (Å²) in [5.74, 6) is 1.21. The molecule has 0 saturated carbocycles. The zero-order valence-corrected chi connectivity index (χ0v) is 12.6. The highest BCUT2D eigenvalue weighted by Gasteiger charge is 2.07. The van der Waals surface area contributed by atoms with Gasteiger partial charge in [-0.25, -0.2) is 0 Å². The third-order valence-electron chi connectivity index (χ3n) is 3.31. The van der Waals surface area contributed by atoms with Crippen LogP contribution in [0.15, 0.2) is 60.8 Å². The maximum absolute atomic E-state index is 4.52. The van der Waals surface area contributed by atoms with Crippen molar-refractivity contribution in [2.75, 3.05) is 17.3 Å². The van der Waals surface area contributed by atoms with Gasteiger partial charge in [0.1, 0.15) is 0 Å². The van der Waals surface area contributed by atoms with Gasteiger partial charge in [0, 0.05) is 18.4 Å². The Morgan fingerprint density at radius 1 is 1.00 bits per heavy atom. The summed E-state index contributed by atoms with van der Waals surface area (Å²) >= 11 is 0. The van der Waals surface area contributed by atoms with Crippen LogP contribution in [0.1, 0.15) is 5.56 Å². The highest BCUT2D eigenvalue weighted by Crippen LogP contribution is 2.21. The number of anilines is 4. The van der Waals surface area contributed by atoms with E-state index in [0.29, 0.717) is 5.95 Å². The smallest absolute Gasteiger partial charge is 0.249 e. The normalized spacial score (nSPS) is 10.3. The van der Waals surface area contributed by atoms with Crippen molar-refractivity contribution in [3.8, 4) is 0 Å². The van der Waals surface area contributed by atoms with E-state index in [2.05, 4.69) is 20.5 Å². The summed E-state index contributed by atoms with van der Waals surface area (Å²) < 4.78 is 0. The summed E-state index contributed by atoms with van der Waals surface area (Å²) in [6.07, 6.45) is 1.65. The summed E-state index contributed by atoms with van der Waals surface area (Å²) in [5, 5.41) is 11.3. The number of para-hydroxylation sites is 1. The zero-order chi connectivity index (χ0) is 15.4. The Balaban J connectivity index is 1.83. The molecule has 0 atom stereocenters. The molecule has 3 rings (SSSR count). The molecule has 5 nitrogen and oxygen atoms in total. The number of rotatable bonds is 4. The lowest BCUT2D eigenvalue weighted by atomic mass is 10.2. The molecular formula is C17H17N5. The first-order valence-corrected chi connectivity index (χ1v) is 7.04. The van der Waals surface area contributed by atoms with Gasteiger partial charge >= 0.3 is 0 Å². The quantitative estimate of drug-likeness (QED) is 0.794. The molecule has 22 heavy (non-hydrogen) atoms. The third-order valence-corrected chi connectivity index (χ3v) is 3.31. The number of hydrogen-bond donors (Lipinski definition) is 1. The Bertz CT molecular complexity index is 758. The van der Waals surface area contributed by atoms with Crippen LogP contribution in [-0.2, 0) is 0 Å². The summed E-state index contributed by atoms with van der Waals surface area (Å²) in [6.45, 7) is 2.05. The lowest BCUT2D eigenvalue weighted by Gasteiger charge is -2.18. The average molecular weight is 291 g/mol. The van der Waals surface area contributed by atoms with Gasteiger partial charge in [-0.15, -0.1) is 5.10 Å². The highest BCUT2D eigenvalue weighted by atomic mass is 15.3. The Morgan fingerprint density at radius 3 is 2.59 bits per heavy atom. The molecule has 0 radical (unpaired) electrons. The Kier molecular flexibility index (Phi) is 3.96. The number of aryl methyl sites for hydroxylation is 1. The second-order valence-electron chi connectivity index (χ2n) is 5.03. The van der Waals surface area contributed by atoms with E-state index in [1.54, 1.807) is 6.20 Å². The van der Waals surface area contributed by atoms with Crippen molar-refractivity contribution in [1.29, 1.82) is 0 Å². The maximum atomic E-state index is 4.52. The molecule has 5 heteroatoms. The lowest BCUT2D eigenvalue weighted by molar-refractivity contribution is 0.957. The second kappa shape index (κ2) is 6.22. The van der Waals surface area contributed by atoms with Crippen molar-refractivity contribution >= 4 is 23.1 Å². The van der Waals surface area contributed by atoms with E-state index < -0.39 is 0 Å². The first-order chi connectivity index (χ1) is 10.7. The molecule has 1 aromatic heterocycles. The van der Waals surface area contributed by atoms with Crippen LogP contribution >= 0.6 is 0 Å². The van der Waals surface area contributed by atoms with E-state index in [-0.39, 0.29) is 0 Å². The van der Waals surface area contributed by atoms with Crippen molar-refractivity contribution in [2.24, 2.45) is 0 Å². The minimum atomic E-state index is 0.478. The summed E-state index contributed by atoms with van der Waals surface area (Å²) in [7, 11) is 1.95. The second-order valence-corrected chi connectivity index (χ2v) is 5.03. The molecule has 0 aliphatic carbocycles. The van der Waals surface area contributed by atoms with E-state index in [1.807, 2.05) is 73.5 Å². The van der Waals surface area contributed by atoms with Gasteiger partial charge in [-0.05, 0) is 36.8 Å². The number of benzene rings is 2. The number of nitrogens with one attached hydrogen (secondary N) is 1. The predicted molar refractivity (Wildman–Crippen MR) is 88.8 cm³/mol. The molecule has 1 heterocycles. The van der Waals surface area contributed by atoms with E-state index >= 15 is 0 Å². The minimum absolute atomic E-state index is 0.478. The largest absolute Gasteiger partial charge is 0.328 e. The number of hydrogen-bond acceptors (Lipinski definition) is 5. The lowest BCUT2D eigenvalue weighted by Crippen LogP contribution is -2.13. The maximum Gasteiger partial charge on any atom is 0.249 e. The molecule has 0 bridgehead atoms. The topological polar surface area (TPSA) is 53.9 Å². The molecular weight excluding hydrogens is 274 g/mol. The van der Waals surface area contributed by atoms with Crippen molar-refractivity contribution in [3.05, 3.63) is 66.4 Å². The van der Waals surface area contributed by atoms with Crippen LogP contribution in [0.25, 0.3) is 0 Å². The molecule has 3 aromatic rings. The fourth-order valence-electron chi connectivity index (χ4n) is 2.15. The van der Waals surface area contributed by atoms with Crippen LogP contribution in [0.4, 0.5) is 23.1 Å². The Morgan fingerprint density at radius 2 is 1.82 bits per heavy atom. The molecule has 0 fully saturated rings. The van der Waals surface area contributed by atoms with E-state index in [4.69, 9.17) is 0 Å². The van der Waals surface area contributed by atoms with Gasteiger partial charge < -0.3 is 10.2 Å². The van der Waals surface area contributed by atoms with Gasteiger partial charge in [0.05, 0.1) is 6.20 Å². The summed E-state index contributed by atoms with van der Waals surface area (Å²) in [5.41, 5.74) is 3.17. The van der Waals surface area contributed by atoms with Gasteiger partial charge in [-0.1, -0.05) is 30.3 Å². The summed E-state index contributed by atoms with van der Waals surface area (Å²) in [4.78, 5) is 6.48. The monoisotopic (exact) mass is 291 g/mol. The first kappa shape index (κ1) is 14.0. The molecule has 2 aromatic carbocycles.